The molecule has 104 valence electrons. The van der Waals surface area contributed by atoms with Gasteiger partial charge in [0.2, 0.25) is 0 Å². The molecule has 0 aliphatic carbocycles. The Morgan fingerprint density at radius 2 is 1.50 bits per heavy atom. The van der Waals surface area contributed by atoms with E-state index in [1.165, 1.54) is 12.1 Å². The van der Waals surface area contributed by atoms with E-state index >= 15 is 0 Å². The van der Waals surface area contributed by atoms with E-state index in [9.17, 15) is 19.2 Å². The third-order valence-corrected chi connectivity index (χ3v) is 1.75. The highest BCUT2D eigenvalue weighted by molar-refractivity contribution is 5.95. The maximum absolute atomic E-state index is 11.3. The molecule has 1 rings (SSSR count). The molecule has 20 heavy (non-hydrogen) atoms. The van der Waals surface area contributed by atoms with Crippen LogP contribution in [-0.4, -0.2) is 29.2 Å². The highest BCUT2D eigenvalue weighted by Gasteiger charge is 2.11. The normalized spacial score (nSPS) is 9.80. The second kappa shape index (κ2) is 7.31. The summed E-state index contributed by atoms with van der Waals surface area (Å²) in [6.07, 6.45) is -0.764. The van der Waals surface area contributed by atoms with E-state index in [4.69, 9.17) is 5.11 Å². The van der Waals surface area contributed by atoms with E-state index in [1.807, 2.05) is 0 Å². The molecule has 1 aromatic carbocycles. The van der Waals surface area contributed by atoms with Crippen LogP contribution in [0.2, 0.25) is 0 Å². The van der Waals surface area contributed by atoms with Crippen LogP contribution in [0.1, 0.15) is 10.4 Å². The number of benzene rings is 1. The quantitative estimate of drug-likeness (QED) is 0.287. The molecule has 0 aromatic heterocycles. The number of esters is 1. The maximum atomic E-state index is 11.3. The third-order valence-electron chi connectivity index (χ3n) is 1.75. The fourth-order valence-corrected chi connectivity index (χ4v) is 0.985. The van der Waals surface area contributed by atoms with E-state index in [2.05, 4.69) is 14.5 Å². The molecular weight excluding hydrogens is 272 g/mol. The van der Waals surface area contributed by atoms with Crippen LogP contribution >= 0.6 is 0 Å². The number of hydrogen-bond acceptors (Lipinski definition) is 7. The van der Waals surface area contributed by atoms with Crippen LogP contribution in [-0.2, 0) is 24.1 Å². The molecule has 0 bridgehead atoms. The van der Waals surface area contributed by atoms with Crippen molar-refractivity contribution in [1.29, 1.82) is 0 Å². The van der Waals surface area contributed by atoms with Gasteiger partial charge in [-0.3, -0.25) is 0 Å². The zero-order valence-electron chi connectivity index (χ0n) is 9.85. The average Bonchev–Trinajstić information content (AvgIpc) is 2.42. The molecule has 1 N–H and O–H groups in total. The van der Waals surface area contributed by atoms with Gasteiger partial charge < -0.3 is 9.84 Å². The van der Waals surface area contributed by atoms with Crippen LogP contribution in [0.25, 0.3) is 0 Å². The predicted octanol–water partition coefficient (Wildman–Crippen LogP) is 1.08. The Balaban J connectivity index is 2.40. The summed E-state index contributed by atoms with van der Waals surface area (Å²) in [5.74, 6) is -3.37. The van der Waals surface area contributed by atoms with Gasteiger partial charge in [0.25, 0.3) is 0 Å². The largest absolute Gasteiger partial charge is 0.513 e. The summed E-state index contributed by atoms with van der Waals surface area (Å²) in [5, 5.41) is 8.09. The van der Waals surface area contributed by atoms with E-state index < -0.39 is 24.1 Å². The summed E-state index contributed by atoms with van der Waals surface area (Å²) in [6.45, 7) is 0. The highest BCUT2D eigenvalue weighted by Crippen LogP contribution is 2.01. The van der Waals surface area contributed by atoms with Crippen molar-refractivity contribution in [3.63, 3.8) is 0 Å². The van der Waals surface area contributed by atoms with Gasteiger partial charge in [0.05, 0.1) is 5.56 Å². The maximum Gasteiger partial charge on any atom is 0.513 e. The first kappa shape index (κ1) is 14.9. The fraction of sp³-hybridized carbons (Fsp3) is 0. The van der Waals surface area contributed by atoms with Crippen molar-refractivity contribution in [2.45, 2.75) is 0 Å². The average molecular weight is 280 g/mol. The molecule has 0 heterocycles. The molecule has 0 spiro atoms. The second-order valence-corrected chi connectivity index (χ2v) is 3.16. The Bertz CT molecular complexity index is 546. The van der Waals surface area contributed by atoms with E-state index in [-0.39, 0.29) is 5.56 Å². The Morgan fingerprint density at radius 3 is 2.10 bits per heavy atom. The predicted molar refractivity (Wildman–Crippen MR) is 61.2 cm³/mol. The Labute approximate surface area is 112 Å². The minimum absolute atomic E-state index is 0.162. The van der Waals surface area contributed by atoms with Gasteiger partial charge in [0.1, 0.15) is 0 Å². The molecule has 0 unspecified atom stereocenters. The molecule has 0 saturated carbocycles. The smallest absolute Gasteiger partial charge is 0.449 e. The molecular formula is C12H8O8. The van der Waals surface area contributed by atoms with Crippen LogP contribution in [0.3, 0.4) is 0 Å². The van der Waals surface area contributed by atoms with Crippen molar-refractivity contribution in [2.24, 2.45) is 0 Å². The molecule has 0 fully saturated rings. The van der Waals surface area contributed by atoms with Crippen molar-refractivity contribution in [1.82, 2.24) is 0 Å². The van der Waals surface area contributed by atoms with Gasteiger partial charge in [-0.1, -0.05) is 18.2 Å². The van der Waals surface area contributed by atoms with E-state index in [0.29, 0.717) is 12.2 Å². The lowest BCUT2D eigenvalue weighted by Crippen LogP contribution is -2.11. The topological polar surface area (TPSA) is 116 Å². The lowest BCUT2D eigenvalue weighted by Gasteiger charge is -2.00. The minimum Gasteiger partial charge on any atom is -0.449 e. The summed E-state index contributed by atoms with van der Waals surface area (Å²) >= 11 is 0. The summed E-state index contributed by atoms with van der Waals surface area (Å²) in [7, 11) is 0. The van der Waals surface area contributed by atoms with E-state index in [0.717, 1.165) is 0 Å². The number of hydrogen-bond donors (Lipinski definition) is 1. The minimum atomic E-state index is -1.82. The van der Waals surface area contributed by atoms with E-state index in [1.54, 1.807) is 18.2 Å². The zero-order chi connectivity index (χ0) is 15.0. The lowest BCUT2D eigenvalue weighted by molar-refractivity contribution is -0.228. The van der Waals surface area contributed by atoms with Gasteiger partial charge in [0.15, 0.2) is 0 Å². The number of carboxylic acid groups (broad SMARTS) is 1. The van der Waals surface area contributed by atoms with Crippen molar-refractivity contribution in [2.75, 3.05) is 0 Å². The standard InChI is InChI=1S/C12H8O8/c13-9(18-12(16)17)6-7-10(14)19-20-11(15)8-4-2-1-3-5-8/h1-7H,(H,16,17)/b7-6+. The first-order valence-corrected chi connectivity index (χ1v) is 5.09. The molecule has 0 radical (unpaired) electrons. The molecule has 0 saturated heterocycles. The monoisotopic (exact) mass is 280 g/mol. The molecule has 0 amide bonds. The summed E-state index contributed by atoms with van der Waals surface area (Å²) in [6, 6.07) is 7.73. The van der Waals surface area contributed by atoms with Gasteiger partial charge in [-0.05, 0) is 12.1 Å². The first-order chi connectivity index (χ1) is 9.49. The van der Waals surface area contributed by atoms with Gasteiger partial charge in [-0.25, -0.2) is 29.0 Å². The molecule has 8 heteroatoms. The SMILES string of the molecule is O=C(O)OC(=O)/C=C/C(=O)OOC(=O)c1ccccc1. The number of rotatable bonds is 3. The van der Waals surface area contributed by atoms with Crippen molar-refractivity contribution in [3.05, 3.63) is 48.0 Å². The summed E-state index contributed by atoms with van der Waals surface area (Å²) < 4.78 is 3.67. The first-order valence-electron chi connectivity index (χ1n) is 5.09. The molecule has 8 nitrogen and oxygen atoms in total. The Morgan fingerprint density at radius 1 is 0.900 bits per heavy atom. The van der Waals surface area contributed by atoms with Gasteiger partial charge in [0, 0.05) is 12.2 Å². The van der Waals surface area contributed by atoms with Crippen molar-refractivity contribution in [3.8, 4) is 0 Å². The van der Waals surface area contributed by atoms with Crippen LogP contribution in [0, 0.1) is 0 Å². The number of carbonyl (C=O) groups excluding carboxylic acids is 3. The Kier molecular flexibility index (Phi) is 5.45. The third kappa shape index (κ3) is 5.45. The molecule has 0 aliphatic heterocycles. The second-order valence-electron chi connectivity index (χ2n) is 3.16. The van der Waals surface area contributed by atoms with Crippen LogP contribution < -0.4 is 0 Å². The van der Waals surface area contributed by atoms with Gasteiger partial charge >= 0.3 is 24.1 Å². The van der Waals surface area contributed by atoms with Crippen LogP contribution in [0.15, 0.2) is 42.5 Å². The van der Waals surface area contributed by atoms with Crippen molar-refractivity contribution < 1.29 is 38.8 Å². The Hall–Kier alpha value is -3.16. The molecule has 0 aliphatic rings. The zero-order valence-corrected chi connectivity index (χ0v) is 9.85. The molecule has 0 atom stereocenters. The van der Waals surface area contributed by atoms with Crippen molar-refractivity contribution >= 4 is 24.1 Å². The lowest BCUT2D eigenvalue weighted by atomic mass is 10.2. The van der Waals surface area contributed by atoms with Gasteiger partial charge in [-0.2, -0.15) is 0 Å². The fourth-order valence-electron chi connectivity index (χ4n) is 0.985. The highest BCUT2D eigenvalue weighted by atomic mass is 17.2. The summed E-state index contributed by atoms with van der Waals surface area (Å²) in [5.41, 5.74) is 0.162. The number of carbonyl (C=O) groups is 4. The summed E-state index contributed by atoms with van der Waals surface area (Å²) in [4.78, 5) is 51.3. The van der Waals surface area contributed by atoms with Crippen LogP contribution in [0.5, 0.6) is 0 Å². The molecule has 1 aromatic rings. The van der Waals surface area contributed by atoms with Crippen LogP contribution in [0.4, 0.5) is 4.79 Å². The van der Waals surface area contributed by atoms with Gasteiger partial charge in [-0.15, -0.1) is 0 Å². The number of ether oxygens (including phenoxy) is 1.